The zero-order chi connectivity index (χ0) is 9.80. The van der Waals surface area contributed by atoms with Gasteiger partial charge in [0.05, 0.1) is 11.6 Å². The van der Waals surface area contributed by atoms with Crippen molar-refractivity contribution in [1.29, 1.82) is 5.26 Å². The van der Waals surface area contributed by atoms with Crippen LogP contribution in [0.1, 0.15) is 24.0 Å². The van der Waals surface area contributed by atoms with Crippen LogP contribution in [0.25, 0.3) is 0 Å². The van der Waals surface area contributed by atoms with Gasteiger partial charge in [-0.2, -0.15) is 5.26 Å². The molecule has 0 bridgehead atoms. The molecule has 1 aromatic rings. The molecule has 1 aliphatic carbocycles. The van der Waals surface area contributed by atoms with Crippen molar-refractivity contribution in [2.45, 2.75) is 18.9 Å². The summed E-state index contributed by atoms with van der Waals surface area (Å²) in [5.74, 6) is 0. The molecule has 3 heteroatoms. The van der Waals surface area contributed by atoms with Gasteiger partial charge in [-0.1, -0.05) is 17.3 Å². The Morgan fingerprint density at radius 1 is 1.36 bits per heavy atom. The average Bonchev–Trinajstić information content (AvgIpc) is 3.02. The van der Waals surface area contributed by atoms with Gasteiger partial charge in [-0.15, -0.1) is 0 Å². The molecule has 0 atom stereocenters. The molecule has 0 aliphatic heterocycles. The van der Waals surface area contributed by atoms with Crippen molar-refractivity contribution in [2.24, 2.45) is 5.16 Å². The van der Waals surface area contributed by atoms with E-state index in [1.807, 2.05) is 6.07 Å². The van der Waals surface area contributed by atoms with E-state index in [-0.39, 0.29) is 0 Å². The second-order valence-corrected chi connectivity index (χ2v) is 3.20. The molecule has 0 unspecified atom stereocenters. The number of nitriles is 1. The monoisotopic (exact) mass is 185 g/mol. The first-order chi connectivity index (χ1) is 6.88. The van der Waals surface area contributed by atoms with Crippen LogP contribution in [0, 0.1) is 11.3 Å². The van der Waals surface area contributed by atoms with Crippen LogP contribution in [-0.4, -0.2) is 12.3 Å². The maximum Gasteiger partial charge on any atom is 0.139 e. The van der Waals surface area contributed by atoms with Gasteiger partial charge in [-0.3, -0.25) is 0 Å². The van der Waals surface area contributed by atoms with Crippen LogP contribution >= 0.6 is 0 Å². The highest BCUT2D eigenvalue weighted by molar-refractivity contribution is 5.79. The Bertz CT molecular complexity index is 389. The maximum absolute atomic E-state index is 8.65. The lowest BCUT2D eigenvalue weighted by molar-refractivity contribution is 0.131. The Morgan fingerprint density at radius 2 is 2.14 bits per heavy atom. The van der Waals surface area contributed by atoms with E-state index in [4.69, 9.17) is 10.1 Å². The SMILES string of the molecule is N#Cc1cccc(/[C]=N/OC2CC2)c1. The number of hydrogen-bond donors (Lipinski definition) is 0. The van der Waals surface area contributed by atoms with Gasteiger partial charge in [0.25, 0.3) is 0 Å². The smallest absolute Gasteiger partial charge is 0.139 e. The van der Waals surface area contributed by atoms with E-state index < -0.39 is 0 Å². The van der Waals surface area contributed by atoms with Gasteiger partial charge in [-0.05, 0) is 25.0 Å². The quantitative estimate of drug-likeness (QED) is 0.533. The van der Waals surface area contributed by atoms with E-state index in [9.17, 15) is 0 Å². The third-order valence-corrected chi connectivity index (χ3v) is 1.89. The number of hydrogen-bond acceptors (Lipinski definition) is 3. The lowest BCUT2D eigenvalue weighted by Crippen LogP contribution is -1.87. The highest BCUT2D eigenvalue weighted by Crippen LogP contribution is 2.23. The molecular weight excluding hydrogens is 176 g/mol. The summed E-state index contributed by atoms with van der Waals surface area (Å²) in [5.41, 5.74) is 1.38. The third kappa shape index (κ3) is 2.33. The van der Waals surface area contributed by atoms with E-state index in [0.717, 1.165) is 18.4 Å². The Morgan fingerprint density at radius 3 is 2.86 bits per heavy atom. The van der Waals surface area contributed by atoms with Crippen LogP contribution < -0.4 is 0 Å². The Balaban J connectivity index is 2.00. The van der Waals surface area contributed by atoms with E-state index in [2.05, 4.69) is 17.4 Å². The standard InChI is InChI=1S/C11H9N2O/c12-7-9-2-1-3-10(6-9)8-13-14-11-4-5-11/h1-3,6,11H,4-5H2. The van der Waals surface area contributed by atoms with Gasteiger partial charge in [0.2, 0.25) is 0 Å². The van der Waals surface area contributed by atoms with E-state index in [1.54, 1.807) is 18.2 Å². The number of benzene rings is 1. The first-order valence-corrected chi connectivity index (χ1v) is 4.50. The van der Waals surface area contributed by atoms with Crippen molar-refractivity contribution < 1.29 is 4.84 Å². The molecule has 14 heavy (non-hydrogen) atoms. The lowest BCUT2D eigenvalue weighted by atomic mass is 10.1. The molecule has 1 saturated carbocycles. The summed E-state index contributed by atoms with van der Waals surface area (Å²) in [7, 11) is 0. The number of rotatable bonds is 3. The summed E-state index contributed by atoms with van der Waals surface area (Å²) >= 11 is 0. The fourth-order valence-electron chi connectivity index (χ4n) is 0.985. The highest BCUT2D eigenvalue weighted by atomic mass is 16.6. The first-order valence-electron chi connectivity index (χ1n) is 4.50. The molecule has 0 amide bonds. The summed E-state index contributed by atoms with van der Waals surface area (Å²) < 4.78 is 0. The van der Waals surface area contributed by atoms with E-state index in [0.29, 0.717) is 11.7 Å². The molecule has 0 aromatic heterocycles. The van der Waals surface area contributed by atoms with Crippen molar-refractivity contribution in [3.63, 3.8) is 0 Å². The number of nitrogens with zero attached hydrogens (tertiary/aromatic N) is 2. The van der Waals surface area contributed by atoms with Crippen LogP contribution in [0.4, 0.5) is 0 Å². The molecule has 0 spiro atoms. The van der Waals surface area contributed by atoms with E-state index in [1.165, 1.54) is 0 Å². The van der Waals surface area contributed by atoms with Crippen molar-refractivity contribution in [3.05, 3.63) is 35.4 Å². The molecule has 0 heterocycles. The molecule has 2 rings (SSSR count). The molecule has 0 N–H and O–H groups in total. The van der Waals surface area contributed by atoms with Gasteiger partial charge >= 0.3 is 0 Å². The fraction of sp³-hybridized carbons (Fsp3) is 0.273. The largest absolute Gasteiger partial charge is 0.392 e. The van der Waals surface area contributed by atoms with E-state index >= 15 is 0 Å². The summed E-state index contributed by atoms with van der Waals surface area (Å²) in [6.45, 7) is 0. The summed E-state index contributed by atoms with van der Waals surface area (Å²) in [5, 5.41) is 12.4. The first kappa shape index (κ1) is 8.76. The Labute approximate surface area is 82.6 Å². The normalized spacial score (nSPS) is 15.4. The second kappa shape index (κ2) is 3.93. The predicted octanol–water partition coefficient (Wildman–Crippen LogP) is 1.95. The van der Waals surface area contributed by atoms with Gasteiger partial charge in [0.15, 0.2) is 0 Å². The van der Waals surface area contributed by atoms with Crippen LogP contribution in [0.2, 0.25) is 0 Å². The van der Waals surface area contributed by atoms with Gasteiger partial charge in [0.1, 0.15) is 12.3 Å². The van der Waals surface area contributed by atoms with Crippen LogP contribution in [0.3, 0.4) is 0 Å². The Hall–Kier alpha value is -1.82. The summed E-state index contributed by atoms with van der Waals surface area (Å²) in [6.07, 6.45) is 5.21. The summed E-state index contributed by atoms with van der Waals surface area (Å²) in [6, 6.07) is 9.15. The maximum atomic E-state index is 8.65. The molecule has 1 radical (unpaired) electrons. The molecule has 0 saturated heterocycles. The van der Waals surface area contributed by atoms with Gasteiger partial charge in [0, 0.05) is 5.56 Å². The topological polar surface area (TPSA) is 45.4 Å². The fourth-order valence-corrected chi connectivity index (χ4v) is 0.985. The molecular formula is C11H9N2O. The molecule has 1 aromatic carbocycles. The zero-order valence-electron chi connectivity index (χ0n) is 7.60. The van der Waals surface area contributed by atoms with Crippen molar-refractivity contribution >= 4 is 6.21 Å². The lowest BCUT2D eigenvalue weighted by Gasteiger charge is -1.93. The summed E-state index contributed by atoms with van der Waals surface area (Å²) in [4.78, 5) is 5.06. The minimum absolute atomic E-state index is 0.293. The minimum Gasteiger partial charge on any atom is -0.392 e. The van der Waals surface area contributed by atoms with Crippen molar-refractivity contribution in [2.75, 3.05) is 0 Å². The van der Waals surface area contributed by atoms with Crippen LogP contribution in [0.5, 0.6) is 0 Å². The second-order valence-electron chi connectivity index (χ2n) is 3.20. The highest BCUT2D eigenvalue weighted by Gasteiger charge is 2.23. The van der Waals surface area contributed by atoms with Crippen molar-refractivity contribution in [1.82, 2.24) is 0 Å². The minimum atomic E-state index is 0.293. The average molecular weight is 185 g/mol. The van der Waals surface area contributed by atoms with Gasteiger partial charge in [-0.25, -0.2) is 0 Å². The van der Waals surface area contributed by atoms with Crippen LogP contribution in [0.15, 0.2) is 29.4 Å². The molecule has 3 nitrogen and oxygen atoms in total. The van der Waals surface area contributed by atoms with Crippen LogP contribution in [-0.2, 0) is 4.84 Å². The van der Waals surface area contributed by atoms with Crippen molar-refractivity contribution in [3.8, 4) is 6.07 Å². The molecule has 69 valence electrons. The molecule has 1 aliphatic rings. The Kier molecular flexibility index (Phi) is 2.46. The third-order valence-electron chi connectivity index (χ3n) is 1.89. The zero-order valence-corrected chi connectivity index (χ0v) is 7.60. The predicted molar refractivity (Wildman–Crippen MR) is 51.8 cm³/mol. The van der Waals surface area contributed by atoms with Gasteiger partial charge < -0.3 is 4.84 Å². The molecule has 1 fully saturated rings.